The van der Waals surface area contributed by atoms with Gasteiger partial charge in [0.15, 0.2) is 0 Å². The maximum atomic E-state index is 12.3. The number of hydrogen-bond acceptors (Lipinski definition) is 3. The van der Waals surface area contributed by atoms with Crippen molar-refractivity contribution in [2.45, 2.75) is 32.4 Å². The highest BCUT2D eigenvalue weighted by molar-refractivity contribution is 7.10. The zero-order valence-corrected chi connectivity index (χ0v) is 11.2. The zero-order valence-electron chi connectivity index (χ0n) is 10.4. The molecule has 1 atom stereocenters. The molecule has 3 rings (SSSR count). The Kier molecular flexibility index (Phi) is 2.86. The second-order valence-corrected chi connectivity index (χ2v) is 5.97. The van der Waals surface area contributed by atoms with Gasteiger partial charge in [0.2, 0.25) is 11.8 Å². The number of amides is 2. The van der Waals surface area contributed by atoms with Gasteiger partial charge in [-0.2, -0.15) is 0 Å². The topological polar surface area (TPSA) is 40.6 Å². The van der Waals surface area contributed by atoms with E-state index in [4.69, 9.17) is 0 Å². The van der Waals surface area contributed by atoms with Crippen LogP contribution in [0.2, 0.25) is 0 Å². The Bertz CT molecular complexity index is 497. The number of thiophene rings is 1. The van der Waals surface area contributed by atoms with Crippen LogP contribution in [0.25, 0.3) is 0 Å². The predicted molar refractivity (Wildman–Crippen MR) is 69.2 cm³/mol. The van der Waals surface area contributed by atoms with E-state index < -0.39 is 0 Å². The first-order valence-electron chi connectivity index (χ1n) is 6.28. The zero-order chi connectivity index (χ0) is 12.7. The molecule has 0 aliphatic carbocycles. The number of fused-ring (bicyclic) bond motifs is 1. The molecule has 2 aliphatic rings. The van der Waals surface area contributed by atoms with Crippen molar-refractivity contribution in [2.24, 2.45) is 0 Å². The number of aryl methyl sites for hydroxylation is 1. The third-order valence-corrected chi connectivity index (χ3v) is 4.81. The molecule has 0 spiro atoms. The lowest BCUT2D eigenvalue weighted by molar-refractivity contribution is -0.154. The molecule has 0 radical (unpaired) electrons. The number of carbonyl (C=O) groups excluding carboxylic acids is 2. The number of carbonyl (C=O) groups is 2. The van der Waals surface area contributed by atoms with Crippen LogP contribution in [0.15, 0.2) is 11.4 Å². The normalized spacial score (nSPS) is 23.7. The van der Waals surface area contributed by atoms with Crippen LogP contribution in [0, 0.1) is 6.92 Å². The first kappa shape index (κ1) is 11.7. The molecule has 1 aromatic rings. The van der Waals surface area contributed by atoms with Crippen LogP contribution < -0.4 is 0 Å². The Balaban J connectivity index is 1.79. The van der Waals surface area contributed by atoms with Gasteiger partial charge in [-0.3, -0.25) is 9.59 Å². The molecule has 4 nitrogen and oxygen atoms in total. The van der Waals surface area contributed by atoms with Crippen molar-refractivity contribution in [1.82, 2.24) is 9.80 Å². The second-order valence-electron chi connectivity index (χ2n) is 4.97. The van der Waals surface area contributed by atoms with Crippen LogP contribution in [-0.4, -0.2) is 40.7 Å². The van der Waals surface area contributed by atoms with E-state index in [2.05, 4.69) is 6.07 Å². The van der Waals surface area contributed by atoms with Crippen molar-refractivity contribution in [3.63, 3.8) is 0 Å². The van der Waals surface area contributed by atoms with E-state index >= 15 is 0 Å². The third-order valence-electron chi connectivity index (χ3n) is 3.80. The Morgan fingerprint density at radius 3 is 3.00 bits per heavy atom. The summed E-state index contributed by atoms with van der Waals surface area (Å²) in [4.78, 5) is 29.0. The average Bonchev–Trinajstić information content (AvgIpc) is 2.96. The van der Waals surface area contributed by atoms with Crippen molar-refractivity contribution in [3.8, 4) is 0 Å². The van der Waals surface area contributed by atoms with Gasteiger partial charge in [-0.25, -0.2) is 0 Å². The van der Waals surface area contributed by atoms with E-state index in [9.17, 15) is 9.59 Å². The summed E-state index contributed by atoms with van der Waals surface area (Å²) in [5.41, 5.74) is 1.20. The van der Waals surface area contributed by atoms with Crippen LogP contribution >= 0.6 is 11.3 Å². The highest BCUT2D eigenvalue weighted by Crippen LogP contribution is 2.26. The number of piperazine rings is 1. The standard InChI is InChI=1S/C13H16N2O2S/c1-9-4-6-18-11(9)7-14-8-12(16)15-5-2-3-10(15)13(14)17/h4,6,10H,2-3,5,7-8H2,1H3. The summed E-state index contributed by atoms with van der Waals surface area (Å²) in [6.45, 7) is 3.62. The molecule has 0 saturated carbocycles. The van der Waals surface area contributed by atoms with Crippen molar-refractivity contribution in [3.05, 3.63) is 21.9 Å². The number of hydrogen-bond donors (Lipinski definition) is 0. The summed E-state index contributed by atoms with van der Waals surface area (Å²) >= 11 is 1.65. The van der Waals surface area contributed by atoms with E-state index in [1.807, 2.05) is 12.3 Å². The highest BCUT2D eigenvalue weighted by Gasteiger charge is 2.41. The Morgan fingerprint density at radius 2 is 2.28 bits per heavy atom. The van der Waals surface area contributed by atoms with Gasteiger partial charge in [0.25, 0.3) is 0 Å². The minimum absolute atomic E-state index is 0.103. The average molecular weight is 264 g/mol. The molecule has 18 heavy (non-hydrogen) atoms. The SMILES string of the molecule is Cc1ccsc1CN1CC(=O)N2CCCC2C1=O. The lowest BCUT2D eigenvalue weighted by Crippen LogP contribution is -2.56. The molecule has 0 N–H and O–H groups in total. The first-order valence-corrected chi connectivity index (χ1v) is 7.16. The van der Waals surface area contributed by atoms with Gasteiger partial charge in [-0.15, -0.1) is 11.3 Å². The van der Waals surface area contributed by atoms with Crippen LogP contribution in [0.5, 0.6) is 0 Å². The Hall–Kier alpha value is -1.36. The summed E-state index contributed by atoms with van der Waals surface area (Å²) in [5, 5.41) is 2.03. The summed E-state index contributed by atoms with van der Waals surface area (Å²) in [6.07, 6.45) is 1.78. The van der Waals surface area contributed by atoms with Crippen LogP contribution in [0.3, 0.4) is 0 Å². The molecule has 0 bridgehead atoms. The number of nitrogens with zero attached hydrogens (tertiary/aromatic N) is 2. The highest BCUT2D eigenvalue weighted by atomic mass is 32.1. The summed E-state index contributed by atoms with van der Waals surface area (Å²) in [5.74, 6) is 0.228. The van der Waals surface area contributed by atoms with Crippen LogP contribution in [-0.2, 0) is 16.1 Å². The molecular formula is C13H16N2O2S. The van der Waals surface area contributed by atoms with Crippen LogP contribution in [0.4, 0.5) is 0 Å². The van der Waals surface area contributed by atoms with E-state index in [1.54, 1.807) is 21.1 Å². The van der Waals surface area contributed by atoms with Gasteiger partial charge in [-0.1, -0.05) is 0 Å². The fourth-order valence-corrected chi connectivity index (χ4v) is 3.66. The van der Waals surface area contributed by atoms with E-state index in [-0.39, 0.29) is 24.4 Å². The van der Waals surface area contributed by atoms with Crippen molar-refractivity contribution in [1.29, 1.82) is 0 Å². The molecule has 2 saturated heterocycles. The molecule has 5 heteroatoms. The lowest BCUT2D eigenvalue weighted by atomic mass is 10.1. The molecule has 2 amide bonds. The molecule has 2 aliphatic heterocycles. The summed E-state index contributed by atoms with van der Waals surface area (Å²) in [7, 11) is 0. The molecule has 0 aromatic carbocycles. The minimum Gasteiger partial charge on any atom is -0.329 e. The Morgan fingerprint density at radius 1 is 1.44 bits per heavy atom. The van der Waals surface area contributed by atoms with E-state index in [1.165, 1.54) is 10.4 Å². The summed E-state index contributed by atoms with van der Waals surface area (Å²) < 4.78 is 0. The minimum atomic E-state index is -0.188. The molecule has 96 valence electrons. The quantitative estimate of drug-likeness (QED) is 0.810. The maximum Gasteiger partial charge on any atom is 0.246 e. The second kappa shape index (κ2) is 4.39. The maximum absolute atomic E-state index is 12.3. The van der Waals surface area contributed by atoms with Gasteiger partial charge < -0.3 is 9.80 Å². The largest absolute Gasteiger partial charge is 0.329 e. The fourth-order valence-electron chi connectivity index (χ4n) is 2.74. The van der Waals surface area contributed by atoms with Gasteiger partial charge in [0.05, 0.1) is 6.54 Å². The Labute approximate surface area is 110 Å². The number of rotatable bonds is 2. The van der Waals surface area contributed by atoms with Gasteiger partial charge in [0.1, 0.15) is 12.6 Å². The third kappa shape index (κ3) is 1.82. The smallest absolute Gasteiger partial charge is 0.246 e. The molecule has 1 unspecified atom stereocenters. The van der Waals surface area contributed by atoms with Crippen molar-refractivity contribution >= 4 is 23.2 Å². The van der Waals surface area contributed by atoms with Crippen LogP contribution in [0.1, 0.15) is 23.3 Å². The summed E-state index contributed by atoms with van der Waals surface area (Å²) in [6, 6.07) is 1.87. The molecule has 3 heterocycles. The van der Waals surface area contributed by atoms with E-state index in [0.29, 0.717) is 6.54 Å². The molecule has 2 fully saturated rings. The van der Waals surface area contributed by atoms with Crippen molar-refractivity contribution in [2.75, 3.05) is 13.1 Å². The monoisotopic (exact) mass is 264 g/mol. The lowest BCUT2D eigenvalue weighted by Gasteiger charge is -2.36. The van der Waals surface area contributed by atoms with Gasteiger partial charge in [0, 0.05) is 11.4 Å². The molecular weight excluding hydrogens is 248 g/mol. The fraction of sp³-hybridized carbons (Fsp3) is 0.538. The van der Waals surface area contributed by atoms with E-state index in [0.717, 1.165) is 19.4 Å². The predicted octanol–water partition coefficient (Wildman–Crippen LogP) is 1.39. The van der Waals surface area contributed by atoms with Gasteiger partial charge in [-0.05, 0) is 36.8 Å². The van der Waals surface area contributed by atoms with Crippen molar-refractivity contribution < 1.29 is 9.59 Å². The van der Waals surface area contributed by atoms with Gasteiger partial charge >= 0.3 is 0 Å². The molecule has 1 aromatic heterocycles. The first-order chi connectivity index (χ1) is 8.66.